The lowest BCUT2D eigenvalue weighted by Gasteiger charge is -2.08. The van der Waals surface area contributed by atoms with Gasteiger partial charge in [-0.3, -0.25) is 4.79 Å². The summed E-state index contributed by atoms with van der Waals surface area (Å²) in [5, 5.41) is 7.72. The standard InChI is InChI=1S/C22H19ClIN3O2/c23-21-7-2-1-5-17(21)15-29-20-6-3-4-16(12-20)13-26-27-22(28)14-25-19-10-8-18(24)9-11-19/h1-13,25H,14-15H2,(H,27,28)/b26-13-. The predicted octanol–water partition coefficient (Wildman–Crippen LogP) is 5.09. The maximum Gasteiger partial charge on any atom is 0.259 e. The molecule has 0 aliphatic rings. The molecule has 0 unspecified atom stereocenters. The van der Waals surface area contributed by atoms with Crippen molar-refractivity contribution in [3.63, 3.8) is 0 Å². The summed E-state index contributed by atoms with van der Waals surface area (Å²) in [5.74, 6) is 0.464. The first-order chi connectivity index (χ1) is 14.1. The molecular weight excluding hydrogens is 501 g/mol. The molecule has 2 N–H and O–H groups in total. The van der Waals surface area contributed by atoms with Gasteiger partial charge in [0.05, 0.1) is 12.8 Å². The van der Waals surface area contributed by atoms with E-state index >= 15 is 0 Å². The molecule has 0 bridgehead atoms. The number of rotatable bonds is 8. The van der Waals surface area contributed by atoms with Gasteiger partial charge in [0.25, 0.3) is 5.91 Å². The van der Waals surface area contributed by atoms with Gasteiger partial charge in [-0.25, -0.2) is 5.43 Å². The SMILES string of the molecule is O=C(CNc1ccc(I)cc1)N/N=C\c1cccc(OCc2ccccc2Cl)c1. The molecule has 3 aromatic carbocycles. The number of nitrogens with one attached hydrogen (secondary N) is 2. The van der Waals surface area contributed by atoms with Gasteiger partial charge < -0.3 is 10.1 Å². The van der Waals surface area contributed by atoms with Crippen LogP contribution in [0.1, 0.15) is 11.1 Å². The van der Waals surface area contributed by atoms with Gasteiger partial charge in [0.15, 0.2) is 0 Å². The highest BCUT2D eigenvalue weighted by molar-refractivity contribution is 14.1. The van der Waals surface area contributed by atoms with Gasteiger partial charge in [0.2, 0.25) is 0 Å². The van der Waals surface area contributed by atoms with Crippen molar-refractivity contribution in [2.45, 2.75) is 6.61 Å². The van der Waals surface area contributed by atoms with Crippen LogP contribution < -0.4 is 15.5 Å². The number of benzene rings is 3. The Morgan fingerprint density at radius 2 is 1.86 bits per heavy atom. The monoisotopic (exact) mass is 519 g/mol. The van der Waals surface area contributed by atoms with E-state index in [1.807, 2.05) is 72.8 Å². The first-order valence-corrected chi connectivity index (χ1v) is 10.3. The van der Waals surface area contributed by atoms with Crippen molar-refractivity contribution in [2.75, 3.05) is 11.9 Å². The van der Waals surface area contributed by atoms with Gasteiger partial charge in [-0.2, -0.15) is 5.10 Å². The van der Waals surface area contributed by atoms with Crippen LogP contribution in [-0.4, -0.2) is 18.7 Å². The van der Waals surface area contributed by atoms with Gasteiger partial charge in [-0.05, 0) is 70.6 Å². The van der Waals surface area contributed by atoms with Crippen LogP contribution in [0.15, 0.2) is 77.9 Å². The lowest BCUT2D eigenvalue weighted by molar-refractivity contribution is -0.119. The Morgan fingerprint density at radius 1 is 1.07 bits per heavy atom. The summed E-state index contributed by atoms with van der Waals surface area (Å²) >= 11 is 8.38. The van der Waals surface area contributed by atoms with Crippen LogP contribution in [0.25, 0.3) is 0 Å². The molecule has 0 saturated heterocycles. The smallest absolute Gasteiger partial charge is 0.259 e. The first-order valence-electron chi connectivity index (χ1n) is 8.88. The summed E-state index contributed by atoms with van der Waals surface area (Å²) in [6.45, 7) is 0.514. The van der Waals surface area contributed by atoms with Gasteiger partial charge in [0, 0.05) is 19.8 Å². The third-order valence-corrected chi connectivity index (χ3v) is 5.00. The second-order valence-electron chi connectivity index (χ2n) is 6.11. The van der Waals surface area contributed by atoms with Crippen molar-refractivity contribution in [1.82, 2.24) is 5.43 Å². The van der Waals surface area contributed by atoms with Crippen LogP contribution in [-0.2, 0) is 11.4 Å². The fourth-order valence-corrected chi connectivity index (χ4v) is 2.98. The van der Waals surface area contributed by atoms with Gasteiger partial charge in [0.1, 0.15) is 12.4 Å². The van der Waals surface area contributed by atoms with Crippen molar-refractivity contribution in [2.24, 2.45) is 5.10 Å². The number of amides is 1. The molecule has 3 rings (SSSR count). The minimum absolute atomic E-state index is 0.138. The predicted molar refractivity (Wildman–Crippen MR) is 126 cm³/mol. The fraction of sp³-hybridized carbons (Fsp3) is 0.0909. The number of hydrogen-bond acceptors (Lipinski definition) is 4. The number of hydrazone groups is 1. The molecule has 0 aliphatic carbocycles. The Hall–Kier alpha value is -2.58. The molecule has 5 nitrogen and oxygen atoms in total. The van der Waals surface area contributed by atoms with Crippen molar-refractivity contribution < 1.29 is 9.53 Å². The Kier molecular flexibility index (Phi) is 7.89. The largest absolute Gasteiger partial charge is 0.489 e. The summed E-state index contributed by atoms with van der Waals surface area (Å²) in [6.07, 6.45) is 1.57. The minimum atomic E-state index is -0.231. The molecule has 1 amide bonds. The first kappa shape index (κ1) is 21.1. The Labute approximate surface area is 188 Å². The van der Waals surface area contributed by atoms with Crippen molar-refractivity contribution in [3.05, 3.63) is 92.5 Å². The van der Waals surface area contributed by atoms with E-state index in [1.54, 1.807) is 6.21 Å². The van der Waals surface area contributed by atoms with Crippen LogP contribution in [0.2, 0.25) is 5.02 Å². The highest BCUT2D eigenvalue weighted by atomic mass is 127. The number of ether oxygens (including phenoxy) is 1. The normalized spacial score (nSPS) is 10.7. The van der Waals surface area contributed by atoms with Crippen LogP contribution >= 0.6 is 34.2 Å². The molecule has 7 heteroatoms. The average molecular weight is 520 g/mol. The van der Waals surface area contributed by atoms with Crippen LogP contribution in [0.3, 0.4) is 0 Å². The molecule has 0 atom stereocenters. The zero-order valence-corrected chi connectivity index (χ0v) is 18.4. The molecule has 0 aromatic heterocycles. The van der Waals surface area contributed by atoms with Crippen molar-refractivity contribution in [3.8, 4) is 5.75 Å². The van der Waals surface area contributed by atoms with Gasteiger partial charge in [-0.1, -0.05) is 41.9 Å². The Bertz CT molecular complexity index is 993. The number of carbonyl (C=O) groups is 1. The molecule has 0 heterocycles. The zero-order valence-electron chi connectivity index (χ0n) is 15.4. The molecular formula is C22H19ClIN3O2. The molecule has 0 radical (unpaired) electrons. The number of hydrogen-bond donors (Lipinski definition) is 2. The Balaban J connectivity index is 1.47. The maximum absolute atomic E-state index is 11.9. The number of anilines is 1. The third-order valence-electron chi connectivity index (χ3n) is 3.91. The van der Waals surface area contributed by atoms with E-state index in [9.17, 15) is 4.79 Å². The molecule has 0 aliphatic heterocycles. The third kappa shape index (κ3) is 7.07. The fourth-order valence-electron chi connectivity index (χ4n) is 2.43. The van der Waals surface area contributed by atoms with Crippen LogP contribution in [0.4, 0.5) is 5.69 Å². The van der Waals surface area contributed by atoms with E-state index in [0.717, 1.165) is 20.4 Å². The lowest BCUT2D eigenvalue weighted by Crippen LogP contribution is -2.25. The summed E-state index contributed by atoms with van der Waals surface area (Å²) in [4.78, 5) is 11.9. The highest BCUT2D eigenvalue weighted by Gasteiger charge is 2.02. The molecule has 29 heavy (non-hydrogen) atoms. The molecule has 0 fully saturated rings. The summed E-state index contributed by atoms with van der Waals surface area (Å²) < 4.78 is 6.93. The molecule has 0 spiro atoms. The van der Waals surface area contributed by atoms with Crippen molar-refractivity contribution >= 4 is 52.0 Å². The highest BCUT2D eigenvalue weighted by Crippen LogP contribution is 2.19. The van der Waals surface area contributed by atoms with Crippen molar-refractivity contribution in [1.29, 1.82) is 0 Å². The second-order valence-corrected chi connectivity index (χ2v) is 7.76. The van der Waals surface area contributed by atoms with Gasteiger partial charge in [-0.15, -0.1) is 0 Å². The number of carbonyl (C=O) groups excluding carboxylic acids is 1. The Morgan fingerprint density at radius 3 is 2.66 bits per heavy atom. The topological polar surface area (TPSA) is 62.7 Å². The lowest BCUT2D eigenvalue weighted by atomic mass is 10.2. The van der Waals surface area contributed by atoms with E-state index in [0.29, 0.717) is 17.4 Å². The van der Waals surface area contributed by atoms with Crippen LogP contribution in [0.5, 0.6) is 5.75 Å². The maximum atomic E-state index is 11.9. The number of nitrogens with zero attached hydrogens (tertiary/aromatic N) is 1. The minimum Gasteiger partial charge on any atom is -0.489 e. The second kappa shape index (κ2) is 10.8. The molecule has 0 saturated carbocycles. The zero-order chi connectivity index (χ0) is 20.5. The summed E-state index contributed by atoms with van der Waals surface area (Å²) in [5.41, 5.74) is 5.12. The van der Waals surface area contributed by atoms with E-state index < -0.39 is 0 Å². The molecule has 3 aromatic rings. The van der Waals surface area contributed by atoms with E-state index in [1.165, 1.54) is 0 Å². The number of halogens is 2. The van der Waals surface area contributed by atoms with Gasteiger partial charge >= 0.3 is 0 Å². The van der Waals surface area contributed by atoms with Crippen LogP contribution in [0, 0.1) is 3.57 Å². The van der Waals surface area contributed by atoms with E-state index in [2.05, 4.69) is 38.4 Å². The van der Waals surface area contributed by atoms with E-state index in [-0.39, 0.29) is 12.5 Å². The summed E-state index contributed by atoms with van der Waals surface area (Å²) in [7, 11) is 0. The molecule has 148 valence electrons. The quantitative estimate of drug-likeness (QED) is 0.248. The average Bonchev–Trinajstić information content (AvgIpc) is 2.73. The van der Waals surface area contributed by atoms with E-state index in [4.69, 9.17) is 16.3 Å². The summed E-state index contributed by atoms with van der Waals surface area (Å²) in [6, 6.07) is 22.8.